The van der Waals surface area contributed by atoms with Crippen molar-refractivity contribution in [3.63, 3.8) is 0 Å². The molecule has 1 aromatic carbocycles. The number of amides is 2. The van der Waals surface area contributed by atoms with Crippen LogP contribution in [0.15, 0.2) is 53.3 Å². The van der Waals surface area contributed by atoms with Gasteiger partial charge in [-0.3, -0.25) is 14.5 Å². The number of carbonyl (C=O) groups is 3. The highest BCUT2D eigenvalue weighted by molar-refractivity contribution is 9.10. The van der Waals surface area contributed by atoms with Crippen molar-refractivity contribution in [1.82, 2.24) is 20.2 Å². The highest BCUT2D eigenvalue weighted by atomic mass is 79.9. The molecule has 1 N–H and O–H groups in total. The van der Waals surface area contributed by atoms with Crippen LogP contribution in [0.2, 0.25) is 0 Å². The molecule has 8 nitrogen and oxygen atoms in total. The maximum absolute atomic E-state index is 13.4. The molecule has 2 aromatic heterocycles. The van der Waals surface area contributed by atoms with Crippen LogP contribution in [0, 0.1) is 0 Å². The Labute approximate surface area is 247 Å². The minimum atomic E-state index is -0.649. The molecule has 3 aromatic rings. The molecule has 0 bridgehead atoms. The Morgan fingerprint density at radius 1 is 1.05 bits per heavy atom. The van der Waals surface area contributed by atoms with Crippen LogP contribution in [0.4, 0.5) is 4.79 Å². The number of nitrogens with one attached hydrogen (secondary N) is 1. The lowest BCUT2D eigenvalue weighted by atomic mass is 9.91. The Kier molecular flexibility index (Phi) is 8.80. The number of ketones is 1. The molecule has 2 amide bonds. The lowest BCUT2D eigenvalue weighted by Crippen LogP contribution is -2.56. The number of halogens is 1. The first-order valence-electron chi connectivity index (χ1n) is 13.2. The van der Waals surface area contributed by atoms with E-state index in [-0.39, 0.29) is 23.5 Å². The zero-order valence-electron chi connectivity index (χ0n) is 23.7. The molecular weight excluding hydrogens is 592 g/mol. The van der Waals surface area contributed by atoms with Gasteiger partial charge in [0.2, 0.25) is 0 Å². The fourth-order valence-corrected chi connectivity index (χ4v) is 5.44. The predicted octanol–water partition coefficient (Wildman–Crippen LogP) is 6.70. The molecule has 1 fully saturated rings. The van der Waals surface area contributed by atoms with Gasteiger partial charge in [0, 0.05) is 35.8 Å². The summed E-state index contributed by atoms with van der Waals surface area (Å²) in [6.07, 6.45) is 3.48. The number of rotatable bonds is 7. The van der Waals surface area contributed by atoms with Gasteiger partial charge in [-0.25, -0.2) is 14.8 Å². The molecule has 212 valence electrons. The summed E-state index contributed by atoms with van der Waals surface area (Å²) in [5.41, 5.74) is 0.872. The monoisotopic (exact) mass is 626 g/mol. The SMILES string of the molecule is CC(C)(C)OC(=O)N1CC[C@H]1C(=O)CC(NC(=O)c1ccc(C(C)(C)C)s1)c1ccc(-c2ncc(Br)cn2)cc1. The number of hydrogen-bond acceptors (Lipinski definition) is 7. The highest BCUT2D eigenvalue weighted by Gasteiger charge is 2.40. The number of aromatic nitrogens is 2. The Morgan fingerprint density at radius 3 is 2.23 bits per heavy atom. The average Bonchev–Trinajstić information content (AvgIpc) is 3.34. The second-order valence-corrected chi connectivity index (χ2v) is 13.9. The summed E-state index contributed by atoms with van der Waals surface area (Å²) in [4.78, 5) is 51.2. The van der Waals surface area contributed by atoms with Gasteiger partial charge >= 0.3 is 6.09 Å². The van der Waals surface area contributed by atoms with E-state index in [0.29, 0.717) is 23.7 Å². The van der Waals surface area contributed by atoms with E-state index >= 15 is 0 Å². The van der Waals surface area contributed by atoms with Crippen LogP contribution in [-0.2, 0) is 14.9 Å². The standard InChI is InChI=1S/C30H35BrN4O4S/c1-29(2,3)25-12-11-24(40-25)27(37)34-21(15-23(36)22-13-14-35(22)28(38)39-30(4,5)6)18-7-9-19(10-8-18)26-32-16-20(31)17-33-26/h7-12,16-17,21-22H,13-15H2,1-6H3,(H,34,37)/t21?,22-/m0/s1. The number of Topliss-reactive ketones (excluding diaryl/α,β-unsaturated/α-hetero) is 1. The molecule has 1 unspecified atom stereocenters. The van der Waals surface area contributed by atoms with Crippen LogP contribution in [0.5, 0.6) is 0 Å². The second kappa shape index (κ2) is 11.8. The highest BCUT2D eigenvalue weighted by Crippen LogP contribution is 2.31. The van der Waals surface area contributed by atoms with Crippen LogP contribution in [0.1, 0.15) is 80.5 Å². The van der Waals surface area contributed by atoms with E-state index in [9.17, 15) is 14.4 Å². The summed E-state index contributed by atoms with van der Waals surface area (Å²) in [5, 5.41) is 3.08. The predicted molar refractivity (Wildman–Crippen MR) is 159 cm³/mol. The van der Waals surface area contributed by atoms with E-state index in [1.165, 1.54) is 16.2 Å². The number of hydrogen-bond donors (Lipinski definition) is 1. The zero-order chi connectivity index (χ0) is 29.2. The van der Waals surface area contributed by atoms with Gasteiger partial charge in [0.05, 0.1) is 21.4 Å². The number of likely N-dealkylation sites (tertiary alicyclic amines) is 1. The first-order chi connectivity index (χ1) is 18.7. The largest absolute Gasteiger partial charge is 0.444 e. The van der Waals surface area contributed by atoms with E-state index < -0.39 is 23.8 Å². The van der Waals surface area contributed by atoms with Gasteiger partial charge in [0.1, 0.15) is 5.60 Å². The van der Waals surface area contributed by atoms with E-state index in [1.807, 2.05) is 36.4 Å². The smallest absolute Gasteiger partial charge is 0.410 e. The number of benzene rings is 1. The van der Waals surface area contributed by atoms with E-state index in [0.717, 1.165) is 20.5 Å². The number of carbonyl (C=O) groups excluding carboxylic acids is 3. The molecular formula is C30H35BrN4O4S. The van der Waals surface area contributed by atoms with E-state index in [1.54, 1.807) is 33.2 Å². The fourth-order valence-electron chi connectivity index (χ4n) is 4.27. The van der Waals surface area contributed by atoms with Crippen LogP contribution < -0.4 is 5.32 Å². The first kappa shape index (κ1) is 29.9. The zero-order valence-corrected chi connectivity index (χ0v) is 26.1. The number of ether oxygens (including phenoxy) is 1. The molecule has 1 aliphatic rings. The Hall–Kier alpha value is -3.11. The fraction of sp³-hybridized carbons (Fsp3) is 0.433. The van der Waals surface area contributed by atoms with Gasteiger partial charge in [-0.05, 0) is 66.2 Å². The third-order valence-electron chi connectivity index (χ3n) is 6.49. The van der Waals surface area contributed by atoms with Gasteiger partial charge < -0.3 is 10.1 Å². The summed E-state index contributed by atoms with van der Waals surface area (Å²) in [5.74, 6) is 0.211. The summed E-state index contributed by atoms with van der Waals surface area (Å²) in [6, 6.07) is 10.1. The topological polar surface area (TPSA) is 101 Å². The molecule has 40 heavy (non-hydrogen) atoms. The molecule has 3 heterocycles. The van der Waals surface area contributed by atoms with Crippen LogP contribution in [0.25, 0.3) is 11.4 Å². The van der Waals surface area contributed by atoms with Crippen LogP contribution >= 0.6 is 27.3 Å². The normalized spacial score (nSPS) is 16.2. The average molecular weight is 628 g/mol. The second-order valence-electron chi connectivity index (χ2n) is 11.9. The summed E-state index contributed by atoms with van der Waals surface area (Å²) < 4.78 is 6.26. The molecule has 0 saturated carbocycles. The minimum Gasteiger partial charge on any atom is -0.444 e. The molecule has 2 atom stereocenters. The quantitative estimate of drug-likeness (QED) is 0.313. The van der Waals surface area contributed by atoms with Crippen molar-refractivity contribution in [1.29, 1.82) is 0 Å². The van der Waals surface area contributed by atoms with Gasteiger partial charge in [0.15, 0.2) is 11.6 Å². The van der Waals surface area contributed by atoms with Crippen LogP contribution in [0.3, 0.4) is 0 Å². The Morgan fingerprint density at radius 2 is 1.70 bits per heavy atom. The van der Waals surface area contributed by atoms with Gasteiger partial charge in [-0.15, -0.1) is 11.3 Å². The van der Waals surface area contributed by atoms with Gasteiger partial charge in [0.25, 0.3) is 5.91 Å². The molecule has 4 rings (SSSR count). The molecule has 1 aliphatic heterocycles. The van der Waals surface area contributed by atoms with Crippen molar-refractivity contribution in [3.8, 4) is 11.4 Å². The van der Waals surface area contributed by atoms with Crippen molar-refractivity contribution in [2.24, 2.45) is 0 Å². The summed E-state index contributed by atoms with van der Waals surface area (Å²) in [6.45, 7) is 12.2. The first-order valence-corrected chi connectivity index (χ1v) is 14.8. The van der Waals surface area contributed by atoms with Crippen molar-refractivity contribution in [2.45, 2.75) is 77.5 Å². The Balaban J connectivity index is 1.55. The molecule has 0 radical (unpaired) electrons. The lowest BCUT2D eigenvalue weighted by molar-refractivity contribution is -0.128. The number of nitrogens with zero attached hydrogens (tertiary/aromatic N) is 3. The van der Waals surface area contributed by atoms with Gasteiger partial charge in [-0.1, -0.05) is 45.0 Å². The summed E-state index contributed by atoms with van der Waals surface area (Å²) in [7, 11) is 0. The van der Waals surface area contributed by atoms with Crippen LogP contribution in [-0.4, -0.2) is 50.8 Å². The van der Waals surface area contributed by atoms with Gasteiger partial charge in [-0.2, -0.15) is 0 Å². The molecule has 0 aliphatic carbocycles. The minimum absolute atomic E-state index is 0.0430. The van der Waals surface area contributed by atoms with E-state index in [2.05, 4.69) is 52.0 Å². The molecule has 1 saturated heterocycles. The van der Waals surface area contributed by atoms with Crippen molar-refractivity contribution in [3.05, 3.63) is 68.6 Å². The summed E-state index contributed by atoms with van der Waals surface area (Å²) >= 11 is 4.80. The maximum Gasteiger partial charge on any atom is 0.410 e. The Bertz CT molecular complexity index is 1370. The van der Waals surface area contributed by atoms with Crippen molar-refractivity contribution in [2.75, 3.05) is 6.54 Å². The third-order valence-corrected chi connectivity index (χ3v) is 8.41. The third kappa shape index (κ3) is 7.34. The van der Waals surface area contributed by atoms with Crippen molar-refractivity contribution < 1.29 is 19.1 Å². The number of thiophene rings is 1. The van der Waals surface area contributed by atoms with E-state index in [4.69, 9.17) is 4.74 Å². The lowest BCUT2D eigenvalue weighted by Gasteiger charge is -2.40. The maximum atomic E-state index is 13.4. The molecule has 0 spiro atoms. The van der Waals surface area contributed by atoms with Crippen molar-refractivity contribution >= 4 is 45.1 Å². The molecule has 10 heteroatoms.